The van der Waals surface area contributed by atoms with Crippen LogP contribution in [-0.2, 0) is 9.53 Å². The molecule has 1 rings (SSSR count). The van der Waals surface area contributed by atoms with Crippen molar-refractivity contribution in [2.45, 2.75) is 65.5 Å². The lowest BCUT2D eigenvalue weighted by atomic mass is 9.69. The summed E-state index contributed by atoms with van der Waals surface area (Å²) in [5.41, 5.74) is 0.296. The van der Waals surface area contributed by atoms with E-state index in [1.54, 1.807) is 7.11 Å². The minimum Gasteiger partial charge on any atom is -0.383 e. The van der Waals surface area contributed by atoms with Crippen LogP contribution >= 0.6 is 0 Å². The second kappa shape index (κ2) is 7.99. The minimum atomic E-state index is -0.139. The highest BCUT2D eigenvalue weighted by molar-refractivity contribution is 5.81. The average molecular weight is 284 g/mol. The Balaban J connectivity index is 2.49. The van der Waals surface area contributed by atoms with Crippen molar-refractivity contribution in [3.63, 3.8) is 0 Å². The zero-order valence-corrected chi connectivity index (χ0v) is 13.8. The molecular formula is C16H32N2O2. The monoisotopic (exact) mass is 284 g/mol. The summed E-state index contributed by atoms with van der Waals surface area (Å²) in [4.78, 5) is 12.0. The fourth-order valence-corrected chi connectivity index (χ4v) is 3.19. The molecule has 0 aliphatic heterocycles. The fraction of sp³-hybridized carbons (Fsp3) is 0.938. The van der Waals surface area contributed by atoms with Crippen molar-refractivity contribution in [1.29, 1.82) is 0 Å². The van der Waals surface area contributed by atoms with Crippen LogP contribution in [-0.4, -0.2) is 38.3 Å². The molecule has 1 saturated carbocycles. The Kier molecular flexibility index (Phi) is 6.96. The molecule has 1 aliphatic carbocycles. The van der Waals surface area contributed by atoms with Gasteiger partial charge in [0, 0.05) is 19.7 Å². The van der Waals surface area contributed by atoms with E-state index in [0.717, 1.165) is 0 Å². The molecule has 0 saturated heterocycles. The molecule has 0 aromatic rings. The first-order valence-corrected chi connectivity index (χ1v) is 7.89. The van der Waals surface area contributed by atoms with Crippen molar-refractivity contribution in [2.75, 3.05) is 20.3 Å². The van der Waals surface area contributed by atoms with Crippen LogP contribution in [0, 0.1) is 11.3 Å². The third kappa shape index (κ3) is 5.41. The third-order valence-electron chi connectivity index (χ3n) is 4.34. The molecule has 0 spiro atoms. The Morgan fingerprint density at radius 2 is 1.95 bits per heavy atom. The summed E-state index contributed by atoms with van der Waals surface area (Å²) in [6.45, 7) is 10.0. The summed E-state index contributed by atoms with van der Waals surface area (Å²) >= 11 is 0. The predicted molar refractivity (Wildman–Crippen MR) is 82.7 cm³/mol. The summed E-state index contributed by atoms with van der Waals surface area (Å²) in [5, 5.41) is 6.45. The van der Waals surface area contributed by atoms with E-state index in [-0.39, 0.29) is 11.9 Å². The van der Waals surface area contributed by atoms with Crippen molar-refractivity contribution in [3.05, 3.63) is 0 Å². The van der Waals surface area contributed by atoms with Crippen LogP contribution in [0.1, 0.15) is 53.4 Å². The highest BCUT2D eigenvalue weighted by atomic mass is 16.5. The highest BCUT2D eigenvalue weighted by Crippen LogP contribution is 2.38. The molecule has 2 N–H and O–H groups in total. The van der Waals surface area contributed by atoms with Crippen LogP contribution in [0.15, 0.2) is 0 Å². The number of methoxy groups -OCH3 is 1. The fourth-order valence-electron chi connectivity index (χ4n) is 3.19. The number of carbonyl (C=O) groups is 1. The lowest BCUT2D eigenvalue weighted by molar-refractivity contribution is -0.123. The van der Waals surface area contributed by atoms with Gasteiger partial charge in [-0.3, -0.25) is 4.79 Å². The van der Waals surface area contributed by atoms with Gasteiger partial charge in [0.05, 0.1) is 12.6 Å². The van der Waals surface area contributed by atoms with Crippen molar-refractivity contribution in [1.82, 2.24) is 10.6 Å². The Morgan fingerprint density at radius 1 is 1.30 bits per heavy atom. The Bertz CT molecular complexity index is 299. The van der Waals surface area contributed by atoms with Gasteiger partial charge in [0.25, 0.3) is 0 Å². The Hall–Kier alpha value is -0.610. The maximum Gasteiger partial charge on any atom is 0.236 e. The molecule has 0 radical (unpaired) electrons. The molecule has 20 heavy (non-hydrogen) atoms. The quantitative estimate of drug-likeness (QED) is 0.736. The molecule has 1 amide bonds. The molecule has 118 valence electrons. The molecule has 3 unspecified atom stereocenters. The lowest BCUT2D eigenvalue weighted by Crippen LogP contribution is -2.52. The summed E-state index contributed by atoms with van der Waals surface area (Å²) in [7, 11) is 1.64. The topological polar surface area (TPSA) is 50.4 Å². The van der Waals surface area contributed by atoms with Gasteiger partial charge in [0.15, 0.2) is 0 Å². The SMILES string of the molecule is COCCNC(=O)C(C)NC1CCCCC1C(C)(C)C. The second-order valence-electron chi connectivity index (χ2n) is 7.04. The number of ether oxygens (including phenoxy) is 1. The van der Waals surface area contributed by atoms with Gasteiger partial charge < -0.3 is 15.4 Å². The standard InChI is InChI=1S/C16H32N2O2/c1-12(15(19)17-10-11-20-5)18-14-9-7-6-8-13(14)16(2,3)4/h12-14,18H,6-11H2,1-5H3,(H,17,19). The number of amides is 1. The molecular weight excluding hydrogens is 252 g/mol. The summed E-state index contributed by atoms with van der Waals surface area (Å²) < 4.78 is 4.95. The summed E-state index contributed by atoms with van der Waals surface area (Å²) in [5.74, 6) is 0.714. The largest absolute Gasteiger partial charge is 0.383 e. The van der Waals surface area contributed by atoms with Gasteiger partial charge in [-0.25, -0.2) is 0 Å². The highest BCUT2D eigenvalue weighted by Gasteiger charge is 2.35. The summed E-state index contributed by atoms with van der Waals surface area (Å²) in [6.07, 6.45) is 5.02. The van der Waals surface area contributed by atoms with E-state index in [0.29, 0.717) is 30.5 Å². The first-order chi connectivity index (χ1) is 9.36. The van der Waals surface area contributed by atoms with Crippen LogP contribution in [0.3, 0.4) is 0 Å². The lowest BCUT2D eigenvalue weighted by Gasteiger charge is -2.42. The first-order valence-electron chi connectivity index (χ1n) is 7.89. The predicted octanol–water partition coefficient (Wildman–Crippen LogP) is 2.33. The molecule has 0 aromatic heterocycles. The smallest absolute Gasteiger partial charge is 0.236 e. The number of hydrogen-bond donors (Lipinski definition) is 2. The normalized spacial score (nSPS) is 25.2. The molecule has 4 nitrogen and oxygen atoms in total. The molecule has 1 fully saturated rings. The van der Waals surface area contributed by atoms with Crippen LogP contribution < -0.4 is 10.6 Å². The van der Waals surface area contributed by atoms with Crippen LogP contribution in [0.25, 0.3) is 0 Å². The number of hydrogen-bond acceptors (Lipinski definition) is 3. The van der Waals surface area contributed by atoms with E-state index in [2.05, 4.69) is 31.4 Å². The summed E-state index contributed by atoms with van der Waals surface area (Å²) in [6, 6.07) is 0.312. The molecule has 0 aromatic carbocycles. The molecule has 0 heterocycles. The van der Waals surface area contributed by atoms with Crippen LogP contribution in [0.2, 0.25) is 0 Å². The number of carbonyl (C=O) groups excluding carboxylic acids is 1. The minimum absolute atomic E-state index is 0.0697. The van der Waals surface area contributed by atoms with Gasteiger partial charge in [0.1, 0.15) is 0 Å². The van der Waals surface area contributed by atoms with E-state index in [4.69, 9.17) is 4.74 Å². The zero-order valence-electron chi connectivity index (χ0n) is 13.8. The van der Waals surface area contributed by atoms with Gasteiger partial charge >= 0.3 is 0 Å². The van der Waals surface area contributed by atoms with Gasteiger partial charge in [-0.1, -0.05) is 33.6 Å². The van der Waals surface area contributed by atoms with E-state index in [9.17, 15) is 4.79 Å². The van der Waals surface area contributed by atoms with Gasteiger partial charge in [-0.05, 0) is 31.1 Å². The Morgan fingerprint density at radius 3 is 2.55 bits per heavy atom. The maximum absolute atomic E-state index is 12.0. The molecule has 3 atom stereocenters. The van der Waals surface area contributed by atoms with Gasteiger partial charge in [-0.15, -0.1) is 0 Å². The van der Waals surface area contributed by atoms with Crippen LogP contribution in [0.4, 0.5) is 0 Å². The van der Waals surface area contributed by atoms with Gasteiger partial charge in [-0.2, -0.15) is 0 Å². The van der Waals surface area contributed by atoms with Crippen molar-refractivity contribution in [3.8, 4) is 0 Å². The number of rotatable bonds is 6. The van der Waals surface area contributed by atoms with Crippen molar-refractivity contribution >= 4 is 5.91 Å². The Labute approximate surface area is 124 Å². The van der Waals surface area contributed by atoms with E-state index >= 15 is 0 Å². The molecule has 0 bridgehead atoms. The second-order valence-corrected chi connectivity index (χ2v) is 7.04. The average Bonchev–Trinajstić information content (AvgIpc) is 2.38. The van der Waals surface area contributed by atoms with E-state index in [1.165, 1.54) is 25.7 Å². The maximum atomic E-state index is 12.0. The van der Waals surface area contributed by atoms with Crippen LogP contribution in [0.5, 0.6) is 0 Å². The third-order valence-corrected chi connectivity index (χ3v) is 4.34. The number of nitrogens with one attached hydrogen (secondary N) is 2. The molecule has 4 heteroatoms. The van der Waals surface area contributed by atoms with E-state index < -0.39 is 0 Å². The zero-order chi connectivity index (χ0) is 15.2. The first kappa shape index (κ1) is 17.4. The van der Waals surface area contributed by atoms with E-state index in [1.807, 2.05) is 6.92 Å². The molecule has 1 aliphatic rings. The van der Waals surface area contributed by atoms with Crippen molar-refractivity contribution < 1.29 is 9.53 Å². The van der Waals surface area contributed by atoms with Gasteiger partial charge in [0.2, 0.25) is 5.91 Å². The van der Waals surface area contributed by atoms with Crippen molar-refractivity contribution in [2.24, 2.45) is 11.3 Å².